The van der Waals surface area contributed by atoms with Crippen LogP contribution in [0.5, 0.6) is 0 Å². The highest BCUT2D eigenvalue weighted by Crippen LogP contribution is 2.39. The number of carbonyl (C=O) groups is 2. The fourth-order valence-corrected chi connectivity index (χ4v) is 3.57. The molecule has 0 radical (unpaired) electrons. The van der Waals surface area contributed by atoms with Crippen molar-refractivity contribution in [1.82, 2.24) is 10.2 Å². The molecule has 30 heavy (non-hydrogen) atoms. The summed E-state index contributed by atoms with van der Waals surface area (Å²) < 4.78 is 0. The maximum Gasteiger partial charge on any atom is 0.295 e. The van der Waals surface area contributed by atoms with Gasteiger partial charge in [-0.2, -0.15) is 0 Å². The third-order valence-corrected chi connectivity index (χ3v) is 5.13. The minimum absolute atomic E-state index is 0.0117. The molecule has 3 N–H and O–H groups in total. The Kier molecular flexibility index (Phi) is 6.87. The number of hydrogen-bond acceptors (Lipinski definition) is 6. The van der Waals surface area contributed by atoms with E-state index in [1.165, 1.54) is 4.90 Å². The molecular formula is C23H27N3O4. The number of likely N-dealkylation sites (tertiary alicyclic amines) is 1. The molecule has 0 saturated carbocycles. The van der Waals surface area contributed by atoms with E-state index in [4.69, 9.17) is 5.11 Å². The predicted molar refractivity (Wildman–Crippen MR) is 116 cm³/mol. The van der Waals surface area contributed by atoms with E-state index in [1.807, 2.05) is 49.3 Å². The van der Waals surface area contributed by atoms with Crippen molar-refractivity contribution in [2.75, 3.05) is 45.2 Å². The van der Waals surface area contributed by atoms with Crippen molar-refractivity contribution in [2.24, 2.45) is 0 Å². The maximum absolute atomic E-state index is 12.9. The van der Waals surface area contributed by atoms with E-state index >= 15 is 0 Å². The van der Waals surface area contributed by atoms with E-state index in [2.05, 4.69) is 5.32 Å². The van der Waals surface area contributed by atoms with Gasteiger partial charge in [-0.05, 0) is 17.7 Å². The number of aliphatic hydroxyl groups excluding tert-OH is 2. The van der Waals surface area contributed by atoms with Gasteiger partial charge >= 0.3 is 0 Å². The van der Waals surface area contributed by atoms with Crippen molar-refractivity contribution in [3.63, 3.8) is 0 Å². The van der Waals surface area contributed by atoms with Gasteiger partial charge in [0, 0.05) is 45.0 Å². The molecule has 7 heteroatoms. The Labute approximate surface area is 176 Å². The van der Waals surface area contributed by atoms with Crippen LogP contribution in [-0.4, -0.2) is 67.1 Å². The van der Waals surface area contributed by atoms with Crippen LogP contribution in [0, 0.1) is 0 Å². The summed E-state index contributed by atoms with van der Waals surface area (Å²) >= 11 is 0. The maximum atomic E-state index is 12.9. The molecule has 158 valence electrons. The molecule has 2 aromatic carbocycles. The van der Waals surface area contributed by atoms with Crippen LogP contribution in [0.15, 0.2) is 60.2 Å². The molecule has 2 aromatic rings. The van der Waals surface area contributed by atoms with Gasteiger partial charge < -0.3 is 25.3 Å². The topological polar surface area (TPSA) is 93.1 Å². The Morgan fingerprint density at radius 1 is 1.03 bits per heavy atom. The zero-order valence-electron chi connectivity index (χ0n) is 17.2. The Balaban J connectivity index is 2.05. The van der Waals surface area contributed by atoms with E-state index in [-0.39, 0.29) is 24.5 Å². The van der Waals surface area contributed by atoms with E-state index < -0.39 is 17.7 Å². The summed E-state index contributed by atoms with van der Waals surface area (Å²) in [7, 11) is 3.87. The van der Waals surface area contributed by atoms with Gasteiger partial charge in [0.05, 0.1) is 18.2 Å². The van der Waals surface area contributed by atoms with Crippen LogP contribution in [0.3, 0.4) is 0 Å². The summed E-state index contributed by atoms with van der Waals surface area (Å²) in [4.78, 5) is 29.2. The Morgan fingerprint density at radius 2 is 1.70 bits per heavy atom. The summed E-state index contributed by atoms with van der Waals surface area (Å²) in [6.07, 6.45) is 0. The molecule has 1 unspecified atom stereocenters. The van der Waals surface area contributed by atoms with Gasteiger partial charge in [-0.1, -0.05) is 42.5 Å². The first-order valence-corrected chi connectivity index (χ1v) is 9.88. The van der Waals surface area contributed by atoms with Crippen LogP contribution in [0.4, 0.5) is 5.69 Å². The Hall–Kier alpha value is -3.16. The van der Waals surface area contributed by atoms with E-state index in [1.54, 1.807) is 24.3 Å². The SMILES string of the molecule is CN(C)c1ccc(C2/C(=C(\O)c3ccccc3)C(=O)C(=O)N2CCNCCO)cc1. The molecular weight excluding hydrogens is 382 g/mol. The van der Waals surface area contributed by atoms with Crippen LogP contribution in [0.25, 0.3) is 5.76 Å². The summed E-state index contributed by atoms with van der Waals surface area (Å²) in [5.74, 6) is -1.51. The third kappa shape index (κ3) is 4.37. The van der Waals surface area contributed by atoms with Crippen LogP contribution in [0.1, 0.15) is 17.2 Å². The fourth-order valence-electron chi connectivity index (χ4n) is 3.57. The second-order valence-electron chi connectivity index (χ2n) is 7.32. The minimum atomic E-state index is -0.694. The third-order valence-electron chi connectivity index (χ3n) is 5.13. The highest BCUT2D eigenvalue weighted by atomic mass is 16.3. The molecule has 0 spiro atoms. The molecule has 7 nitrogen and oxygen atoms in total. The first-order chi connectivity index (χ1) is 14.5. The highest BCUT2D eigenvalue weighted by Gasteiger charge is 2.45. The monoisotopic (exact) mass is 409 g/mol. The molecule has 1 atom stereocenters. The first-order valence-electron chi connectivity index (χ1n) is 9.88. The zero-order valence-corrected chi connectivity index (χ0v) is 17.2. The lowest BCUT2D eigenvalue weighted by Gasteiger charge is -2.26. The second-order valence-corrected chi connectivity index (χ2v) is 7.32. The van der Waals surface area contributed by atoms with Gasteiger partial charge in [-0.3, -0.25) is 9.59 Å². The molecule has 0 aliphatic carbocycles. The molecule has 3 rings (SSSR count). The predicted octanol–water partition coefficient (Wildman–Crippen LogP) is 1.76. The molecule has 1 aliphatic heterocycles. The molecule has 0 bridgehead atoms. The standard InChI is InChI=1S/C23H27N3O4/c1-25(2)18-10-8-16(9-11-18)20-19(21(28)17-6-4-3-5-7-17)22(29)23(30)26(20)14-12-24-13-15-27/h3-11,20,24,27-28H,12-15H2,1-2H3/b21-19+. The van der Waals surface area contributed by atoms with E-state index in [0.29, 0.717) is 18.7 Å². The van der Waals surface area contributed by atoms with Crippen molar-refractivity contribution in [3.8, 4) is 0 Å². The summed E-state index contributed by atoms with van der Waals surface area (Å²) in [6.45, 7) is 1.08. The number of nitrogens with one attached hydrogen (secondary N) is 1. The van der Waals surface area contributed by atoms with Gasteiger partial charge in [0.2, 0.25) is 0 Å². The van der Waals surface area contributed by atoms with Crippen LogP contribution in [-0.2, 0) is 9.59 Å². The van der Waals surface area contributed by atoms with Gasteiger partial charge in [-0.15, -0.1) is 0 Å². The van der Waals surface area contributed by atoms with Crippen LogP contribution in [0.2, 0.25) is 0 Å². The molecule has 1 amide bonds. The fraction of sp³-hybridized carbons (Fsp3) is 0.304. The van der Waals surface area contributed by atoms with Crippen molar-refractivity contribution in [1.29, 1.82) is 0 Å². The van der Waals surface area contributed by atoms with E-state index in [0.717, 1.165) is 11.3 Å². The summed E-state index contributed by atoms with van der Waals surface area (Å²) in [6, 6.07) is 15.7. The average Bonchev–Trinajstić information content (AvgIpc) is 3.01. The second kappa shape index (κ2) is 9.56. The van der Waals surface area contributed by atoms with Gasteiger partial charge in [0.15, 0.2) is 0 Å². The summed E-state index contributed by atoms with van der Waals surface area (Å²) in [5.41, 5.74) is 2.32. The van der Waals surface area contributed by atoms with Crippen LogP contribution < -0.4 is 10.2 Å². The normalized spacial score (nSPS) is 18.1. The number of aliphatic hydroxyl groups is 2. The first kappa shape index (κ1) is 21.5. The number of ketones is 1. The van der Waals surface area contributed by atoms with Crippen molar-refractivity contribution < 1.29 is 19.8 Å². The number of carbonyl (C=O) groups excluding carboxylic acids is 2. The molecule has 1 fully saturated rings. The summed E-state index contributed by atoms with van der Waals surface area (Å²) in [5, 5.41) is 22.9. The molecule has 1 heterocycles. The molecule has 0 aromatic heterocycles. The number of amides is 1. The van der Waals surface area contributed by atoms with Crippen LogP contribution >= 0.6 is 0 Å². The highest BCUT2D eigenvalue weighted by molar-refractivity contribution is 6.46. The lowest BCUT2D eigenvalue weighted by molar-refractivity contribution is -0.139. The van der Waals surface area contributed by atoms with Crippen molar-refractivity contribution >= 4 is 23.1 Å². The number of hydrogen-bond donors (Lipinski definition) is 3. The smallest absolute Gasteiger partial charge is 0.295 e. The quantitative estimate of drug-likeness (QED) is 0.266. The largest absolute Gasteiger partial charge is 0.507 e. The van der Waals surface area contributed by atoms with E-state index in [9.17, 15) is 14.7 Å². The lowest BCUT2D eigenvalue weighted by Crippen LogP contribution is -2.36. The number of Topliss-reactive ketones (excluding diaryl/α,β-unsaturated/α-hetero) is 1. The lowest BCUT2D eigenvalue weighted by atomic mass is 9.95. The number of anilines is 1. The zero-order chi connectivity index (χ0) is 21.7. The number of benzene rings is 2. The number of rotatable bonds is 8. The molecule has 1 aliphatic rings. The number of nitrogens with zero attached hydrogens (tertiary/aromatic N) is 2. The van der Waals surface area contributed by atoms with Gasteiger partial charge in [-0.25, -0.2) is 0 Å². The molecule has 1 saturated heterocycles. The average molecular weight is 409 g/mol. The van der Waals surface area contributed by atoms with Gasteiger partial charge in [0.1, 0.15) is 5.76 Å². The van der Waals surface area contributed by atoms with Crippen molar-refractivity contribution in [3.05, 3.63) is 71.3 Å². The minimum Gasteiger partial charge on any atom is -0.507 e. The Morgan fingerprint density at radius 3 is 2.30 bits per heavy atom. The van der Waals surface area contributed by atoms with Crippen molar-refractivity contribution in [2.45, 2.75) is 6.04 Å². The van der Waals surface area contributed by atoms with Gasteiger partial charge in [0.25, 0.3) is 11.7 Å². The Bertz CT molecular complexity index is 923.